The van der Waals surface area contributed by atoms with Crippen LogP contribution in [0.5, 0.6) is 5.75 Å². The minimum absolute atomic E-state index is 0.0699. The summed E-state index contributed by atoms with van der Waals surface area (Å²) in [7, 11) is 0. The number of anilines is 1. The normalized spacial score (nSPS) is 17.2. The van der Waals surface area contributed by atoms with Crippen LogP contribution in [-0.2, 0) is 4.79 Å². The maximum atomic E-state index is 12.5. The summed E-state index contributed by atoms with van der Waals surface area (Å²) in [5, 5.41) is 12.5. The lowest BCUT2D eigenvalue weighted by Gasteiger charge is -2.32. The quantitative estimate of drug-likeness (QED) is 0.891. The Morgan fingerprint density at radius 3 is 2.76 bits per heavy atom. The van der Waals surface area contributed by atoms with Gasteiger partial charge in [0.2, 0.25) is 5.91 Å². The second-order valence-electron chi connectivity index (χ2n) is 6.14. The van der Waals surface area contributed by atoms with E-state index < -0.39 is 0 Å². The molecule has 7 nitrogen and oxygen atoms in total. The van der Waals surface area contributed by atoms with Crippen LogP contribution in [0.4, 0.5) is 5.82 Å². The number of carbonyl (C=O) groups is 2. The van der Waals surface area contributed by atoms with Crippen LogP contribution in [0.25, 0.3) is 0 Å². The smallest absolute Gasteiger partial charge is 0.253 e. The molecule has 1 aliphatic heterocycles. The molecular weight excluding hydrogens is 320 g/mol. The molecule has 2 amide bonds. The number of hydrogen-bond donors (Lipinski definition) is 2. The van der Waals surface area contributed by atoms with Gasteiger partial charge in [0, 0.05) is 36.7 Å². The van der Waals surface area contributed by atoms with Gasteiger partial charge in [-0.1, -0.05) is 0 Å². The van der Waals surface area contributed by atoms with Crippen LogP contribution < -0.4 is 5.32 Å². The van der Waals surface area contributed by atoms with Crippen molar-refractivity contribution in [3.05, 3.63) is 47.9 Å². The van der Waals surface area contributed by atoms with E-state index in [-0.39, 0.29) is 29.3 Å². The average Bonchev–Trinajstić information content (AvgIpc) is 2.65. The van der Waals surface area contributed by atoms with E-state index >= 15 is 0 Å². The summed E-state index contributed by atoms with van der Waals surface area (Å²) in [4.78, 5) is 34.8. The Hall–Kier alpha value is -2.96. The van der Waals surface area contributed by atoms with E-state index in [0.717, 1.165) is 6.42 Å². The molecule has 7 heteroatoms. The highest BCUT2D eigenvalue weighted by molar-refractivity contribution is 5.96. The van der Waals surface area contributed by atoms with Crippen molar-refractivity contribution < 1.29 is 14.7 Å². The molecule has 1 aliphatic rings. The van der Waals surface area contributed by atoms with E-state index in [1.807, 2.05) is 0 Å². The van der Waals surface area contributed by atoms with Crippen molar-refractivity contribution in [1.29, 1.82) is 0 Å². The van der Waals surface area contributed by atoms with Crippen LogP contribution in [0.2, 0.25) is 0 Å². The summed E-state index contributed by atoms with van der Waals surface area (Å²) in [6.45, 7) is 2.75. The first-order valence-corrected chi connectivity index (χ1v) is 8.21. The van der Waals surface area contributed by atoms with Gasteiger partial charge in [0.05, 0.1) is 5.92 Å². The number of hydrogen-bond acceptors (Lipinski definition) is 5. The van der Waals surface area contributed by atoms with Crippen molar-refractivity contribution in [3.63, 3.8) is 0 Å². The first-order valence-electron chi connectivity index (χ1n) is 8.21. The van der Waals surface area contributed by atoms with Crippen LogP contribution in [0, 0.1) is 12.8 Å². The summed E-state index contributed by atoms with van der Waals surface area (Å²) in [6.07, 6.45) is 4.60. The SMILES string of the molecule is Cc1ccc(O)c(NC(=O)[C@@H]2CCCN(C(=O)c3ccncc3)C2)n1. The predicted octanol–water partition coefficient (Wildman–Crippen LogP) is 1.98. The fourth-order valence-electron chi connectivity index (χ4n) is 2.91. The second kappa shape index (κ2) is 7.29. The monoisotopic (exact) mass is 340 g/mol. The van der Waals surface area contributed by atoms with Gasteiger partial charge >= 0.3 is 0 Å². The topological polar surface area (TPSA) is 95.4 Å². The number of carbonyl (C=O) groups excluding carboxylic acids is 2. The van der Waals surface area contributed by atoms with Gasteiger partial charge in [-0.2, -0.15) is 0 Å². The molecule has 0 aliphatic carbocycles. The molecule has 0 unspecified atom stereocenters. The first kappa shape index (κ1) is 16.9. The van der Waals surface area contributed by atoms with Crippen LogP contribution in [0.15, 0.2) is 36.7 Å². The van der Waals surface area contributed by atoms with Gasteiger partial charge in [-0.05, 0) is 44.0 Å². The van der Waals surface area contributed by atoms with E-state index in [9.17, 15) is 14.7 Å². The molecule has 1 saturated heterocycles. The summed E-state index contributed by atoms with van der Waals surface area (Å²) in [6, 6.07) is 6.50. The third-order valence-electron chi connectivity index (χ3n) is 4.26. The predicted molar refractivity (Wildman–Crippen MR) is 92.1 cm³/mol. The van der Waals surface area contributed by atoms with Crippen molar-refractivity contribution in [2.45, 2.75) is 19.8 Å². The lowest BCUT2D eigenvalue weighted by atomic mass is 9.96. The highest BCUT2D eigenvalue weighted by Gasteiger charge is 2.29. The van der Waals surface area contributed by atoms with Gasteiger partial charge in [-0.25, -0.2) is 4.98 Å². The summed E-state index contributed by atoms with van der Waals surface area (Å²) < 4.78 is 0. The molecule has 3 rings (SSSR count). The molecule has 2 N–H and O–H groups in total. The van der Waals surface area contributed by atoms with Crippen molar-refractivity contribution in [2.75, 3.05) is 18.4 Å². The Morgan fingerprint density at radius 2 is 2.00 bits per heavy atom. The van der Waals surface area contributed by atoms with Gasteiger partial charge in [-0.15, -0.1) is 0 Å². The average molecular weight is 340 g/mol. The molecular formula is C18H20N4O3. The first-order chi connectivity index (χ1) is 12.0. The maximum Gasteiger partial charge on any atom is 0.253 e. The third-order valence-corrected chi connectivity index (χ3v) is 4.26. The number of aryl methyl sites for hydroxylation is 1. The van der Waals surface area contributed by atoms with E-state index in [0.29, 0.717) is 30.8 Å². The van der Waals surface area contributed by atoms with Gasteiger partial charge < -0.3 is 15.3 Å². The second-order valence-corrected chi connectivity index (χ2v) is 6.14. The van der Waals surface area contributed by atoms with Crippen LogP contribution in [0.3, 0.4) is 0 Å². The Labute approximate surface area is 145 Å². The van der Waals surface area contributed by atoms with Gasteiger partial charge in [0.25, 0.3) is 5.91 Å². The molecule has 0 saturated carbocycles. The van der Waals surface area contributed by atoms with Crippen molar-refractivity contribution in [2.24, 2.45) is 5.92 Å². The van der Waals surface area contributed by atoms with Crippen LogP contribution >= 0.6 is 0 Å². The number of amides is 2. The largest absolute Gasteiger partial charge is 0.504 e. The molecule has 25 heavy (non-hydrogen) atoms. The lowest BCUT2D eigenvalue weighted by Crippen LogP contribution is -2.43. The van der Waals surface area contributed by atoms with Gasteiger partial charge in [0.15, 0.2) is 11.6 Å². The van der Waals surface area contributed by atoms with E-state index in [1.165, 1.54) is 6.07 Å². The number of likely N-dealkylation sites (tertiary alicyclic amines) is 1. The molecule has 2 aromatic rings. The molecule has 3 heterocycles. The molecule has 1 atom stereocenters. The molecule has 0 bridgehead atoms. The van der Waals surface area contributed by atoms with E-state index in [1.54, 1.807) is 42.4 Å². The molecule has 2 aromatic heterocycles. The standard InChI is InChI=1S/C18H20N4O3/c1-12-4-5-15(23)16(20-12)21-17(24)14-3-2-10-22(11-14)18(25)13-6-8-19-9-7-13/h4-9,14,23H,2-3,10-11H2,1H3,(H,20,21,24)/t14-/m1/s1. The molecule has 0 aromatic carbocycles. The number of rotatable bonds is 3. The van der Waals surface area contributed by atoms with Crippen molar-refractivity contribution in [3.8, 4) is 5.75 Å². The zero-order valence-electron chi connectivity index (χ0n) is 14.0. The highest BCUT2D eigenvalue weighted by Crippen LogP contribution is 2.24. The Morgan fingerprint density at radius 1 is 1.24 bits per heavy atom. The fraction of sp³-hybridized carbons (Fsp3) is 0.333. The summed E-state index contributed by atoms with van der Waals surface area (Å²) >= 11 is 0. The molecule has 130 valence electrons. The Balaban J connectivity index is 1.67. The maximum absolute atomic E-state index is 12.5. The van der Waals surface area contributed by atoms with E-state index in [4.69, 9.17) is 0 Å². The number of pyridine rings is 2. The number of nitrogens with one attached hydrogen (secondary N) is 1. The fourth-order valence-corrected chi connectivity index (χ4v) is 2.91. The van der Waals surface area contributed by atoms with Gasteiger partial charge in [0.1, 0.15) is 0 Å². The summed E-state index contributed by atoms with van der Waals surface area (Å²) in [5.74, 6) is -0.583. The summed E-state index contributed by atoms with van der Waals surface area (Å²) in [5.41, 5.74) is 1.26. The van der Waals surface area contributed by atoms with Crippen LogP contribution in [0.1, 0.15) is 28.9 Å². The Kier molecular flexibility index (Phi) is 4.92. The lowest BCUT2D eigenvalue weighted by molar-refractivity contribution is -0.121. The minimum Gasteiger partial charge on any atom is -0.504 e. The molecule has 0 spiro atoms. The minimum atomic E-state index is -0.332. The number of aromatic nitrogens is 2. The number of piperidine rings is 1. The number of aromatic hydroxyl groups is 1. The zero-order valence-corrected chi connectivity index (χ0v) is 14.0. The molecule has 0 radical (unpaired) electrons. The third kappa shape index (κ3) is 3.93. The van der Waals surface area contributed by atoms with Crippen molar-refractivity contribution in [1.82, 2.24) is 14.9 Å². The van der Waals surface area contributed by atoms with Crippen molar-refractivity contribution >= 4 is 17.6 Å². The van der Waals surface area contributed by atoms with E-state index in [2.05, 4.69) is 15.3 Å². The number of nitrogens with zero attached hydrogens (tertiary/aromatic N) is 3. The zero-order chi connectivity index (χ0) is 17.8. The highest BCUT2D eigenvalue weighted by atomic mass is 16.3. The van der Waals surface area contributed by atoms with Crippen LogP contribution in [-0.4, -0.2) is 44.9 Å². The van der Waals surface area contributed by atoms with Gasteiger partial charge in [-0.3, -0.25) is 14.6 Å². The Bertz CT molecular complexity index is 779. The molecule has 1 fully saturated rings.